The Kier molecular flexibility index (Phi) is 7.46. The third-order valence-corrected chi connectivity index (χ3v) is 7.31. The summed E-state index contributed by atoms with van der Waals surface area (Å²) in [5.41, 5.74) is -1.11. The van der Waals surface area contributed by atoms with Gasteiger partial charge in [-0.2, -0.15) is 13.8 Å². The molecule has 2 aromatic rings. The summed E-state index contributed by atoms with van der Waals surface area (Å²) in [6.45, 7) is 2.58. The maximum atomic E-state index is 15.2. The van der Waals surface area contributed by atoms with E-state index in [-0.39, 0.29) is 27.2 Å². The van der Waals surface area contributed by atoms with E-state index < -0.39 is 56.5 Å². The molecule has 0 spiro atoms. The second-order valence-electron chi connectivity index (χ2n) is 8.05. The van der Waals surface area contributed by atoms with Gasteiger partial charge in [-0.1, -0.05) is 23.2 Å². The van der Waals surface area contributed by atoms with Crippen molar-refractivity contribution < 1.29 is 41.2 Å². The van der Waals surface area contributed by atoms with E-state index in [9.17, 15) is 14.2 Å². The van der Waals surface area contributed by atoms with Crippen molar-refractivity contribution in [2.24, 2.45) is 0 Å². The van der Waals surface area contributed by atoms with E-state index in [4.69, 9.17) is 46.2 Å². The average Bonchev–Trinajstić information content (AvgIpc) is 3.02. The second kappa shape index (κ2) is 9.97. The van der Waals surface area contributed by atoms with Crippen molar-refractivity contribution in [3.63, 3.8) is 0 Å². The fraction of sp³-hybridized carbons (Fsp3) is 0.450. The summed E-state index contributed by atoms with van der Waals surface area (Å²) >= 11 is 12.1. The number of nitrogens with one attached hydrogen (secondary N) is 1. The van der Waals surface area contributed by atoms with Crippen molar-refractivity contribution in [3.8, 4) is 5.75 Å². The number of anilines is 1. The van der Waals surface area contributed by atoms with E-state index in [1.807, 2.05) is 0 Å². The first-order chi connectivity index (χ1) is 16.8. The molecule has 4 atom stereocenters. The zero-order valence-electron chi connectivity index (χ0n) is 18.9. The molecule has 2 aliphatic rings. The molecule has 1 amide bonds. The molecule has 0 radical (unpaired) electrons. The van der Waals surface area contributed by atoms with Crippen LogP contribution in [0.1, 0.15) is 30.4 Å². The van der Waals surface area contributed by atoms with Crippen molar-refractivity contribution in [2.45, 2.75) is 44.3 Å². The summed E-state index contributed by atoms with van der Waals surface area (Å²) < 4.78 is 68.8. The van der Waals surface area contributed by atoms with Crippen LogP contribution in [0.4, 0.5) is 14.6 Å². The zero-order valence-corrected chi connectivity index (χ0v) is 21.4. The molecule has 2 fully saturated rings. The number of methoxy groups -OCH3 is 1. The molecule has 3 heterocycles. The molecule has 4 rings (SSSR count). The first-order valence-electron chi connectivity index (χ1n) is 10.4. The highest BCUT2D eigenvalue weighted by Crippen LogP contribution is 2.60. The molecule has 11 nitrogen and oxygen atoms in total. The fourth-order valence-corrected chi connectivity index (χ4v) is 5.83. The number of benzene rings is 1. The number of phosphoric ester groups is 1. The molecule has 16 heteroatoms. The van der Waals surface area contributed by atoms with Crippen molar-refractivity contribution in [2.75, 3.05) is 19.0 Å². The van der Waals surface area contributed by atoms with Crippen LogP contribution in [0.5, 0.6) is 5.75 Å². The molecule has 196 valence electrons. The lowest BCUT2D eigenvalue weighted by Gasteiger charge is -2.32. The van der Waals surface area contributed by atoms with E-state index in [1.165, 1.54) is 33.1 Å². The summed E-state index contributed by atoms with van der Waals surface area (Å²) in [4.78, 5) is 28.8. The summed E-state index contributed by atoms with van der Waals surface area (Å²) in [7, 11) is -2.90. The van der Waals surface area contributed by atoms with Crippen molar-refractivity contribution in [1.29, 1.82) is 0 Å². The van der Waals surface area contributed by atoms with E-state index in [2.05, 4.69) is 10.3 Å². The minimum atomic E-state index is -4.25. The summed E-state index contributed by atoms with van der Waals surface area (Å²) in [6.07, 6.45) is -5.08. The number of amides is 1. The standard InChI is InChI=1S/C20H20Cl2F2N3O8P/c1-9(2)34-36(30)32-8-13-16(35-36)20(23,24)18(33-13)27-5-4-14(26-19(27)29)25-17(28)10-6-11(21)15(31-3)12(22)7-10/h4-7,9,13,16,18H,8H2,1-3H3,(H,25,26,28,29)/t13-,16-,18?,36?/m1/s1. The van der Waals surface area contributed by atoms with Gasteiger partial charge in [0.15, 0.2) is 11.9 Å². The zero-order chi connectivity index (χ0) is 26.4. The van der Waals surface area contributed by atoms with Gasteiger partial charge in [-0.3, -0.25) is 22.9 Å². The quantitative estimate of drug-likeness (QED) is 0.506. The monoisotopic (exact) mass is 569 g/mol. The number of halogens is 4. The van der Waals surface area contributed by atoms with Crippen LogP contribution in [0.15, 0.2) is 29.2 Å². The maximum absolute atomic E-state index is 15.2. The van der Waals surface area contributed by atoms with Crippen LogP contribution in [-0.4, -0.2) is 53.4 Å². The molecule has 2 unspecified atom stereocenters. The van der Waals surface area contributed by atoms with Crippen molar-refractivity contribution in [1.82, 2.24) is 9.55 Å². The van der Waals surface area contributed by atoms with Gasteiger partial charge in [-0.15, -0.1) is 0 Å². The number of phosphoric acid groups is 1. The van der Waals surface area contributed by atoms with Gasteiger partial charge in [0.2, 0.25) is 6.23 Å². The van der Waals surface area contributed by atoms with E-state index >= 15 is 8.78 Å². The van der Waals surface area contributed by atoms with Gasteiger partial charge >= 0.3 is 19.4 Å². The van der Waals surface area contributed by atoms with Crippen LogP contribution >= 0.6 is 31.0 Å². The largest absolute Gasteiger partial charge is 0.494 e. The number of fused-ring (bicyclic) bond motifs is 1. The lowest BCUT2D eigenvalue weighted by Crippen LogP contribution is -2.45. The lowest BCUT2D eigenvalue weighted by molar-refractivity contribution is -0.139. The van der Waals surface area contributed by atoms with Gasteiger partial charge in [-0.05, 0) is 32.0 Å². The number of nitrogens with zero attached hydrogens (tertiary/aromatic N) is 2. The van der Waals surface area contributed by atoms with E-state index in [0.29, 0.717) is 4.57 Å². The summed E-state index contributed by atoms with van der Waals surface area (Å²) in [6, 6.07) is 3.71. The Morgan fingerprint density at radius 2 is 2.00 bits per heavy atom. The highest BCUT2D eigenvalue weighted by atomic mass is 35.5. The summed E-state index contributed by atoms with van der Waals surface area (Å²) in [5, 5.41) is 2.52. The number of alkyl halides is 2. The molecular formula is C20H20Cl2F2N3O8P. The molecular weight excluding hydrogens is 550 g/mol. The van der Waals surface area contributed by atoms with Crippen LogP contribution < -0.4 is 15.7 Å². The van der Waals surface area contributed by atoms with Crippen LogP contribution in [0.3, 0.4) is 0 Å². The number of ether oxygens (including phenoxy) is 2. The molecule has 2 saturated heterocycles. The fourth-order valence-electron chi connectivity index (χ4n) is 3.61. The van der Waals surface area contributed by atoms with Crippen LogP contribution in [0.25, 0.3) is 0 Å². The third-order valence-electron chi connectivity index (χ3n) is 5.12. The number of carbonyl (C=O) groups is 1. The number of carbonyl (C=O) groups excluding carboxylic acids is 1. The number of rotatable bonds is 6. The van der Waals surface area contributed by atoms with Crippen molar-refractivity contribution >= 4 is 42.7 Å². The molecule has 36 heavy (non-hydrogen) atoms. The highest BCUT2D eigenvalue weighted by Gasteiger charge is 2.65. The SMILES string of the molecule is COc1c(Cl)cc(C(=O)Nc2ccn(C3O[C@@H]4COP(=O)(OC(C)C)O[C@H]4C3(F)F)c(=O)n2)cc1Cl. The third kappa shape index (κ3) is 5.14. The predicted molar refractivity (Wildman–Crippen MR) is 123 cm³/mol. The normalized spacial score (nSPS) is 27.1. The van der Waals surface area contributed by atoms with Crippen LogP contribution in [0.2, 0.25) is 10.0 Å². The molecule has 1 aromatic heterocycles. The lowest BCUT2D eigenvalue weighted by atomic mass is 10.1. The second-order valence-corrected chi connectivity index (χ2v) is 10.4. The Bertz CT molecular complexity index is 1270. The Balaban J connectivity index is 1.53. The average molecular weight is 570 g/mol. The Morgan fingerprint density at radius 3 is 2.58 bits per heavy atom. The van der Waals surface area contributed by atoms with Gasteiger partial charge in [0.25, 0.3) is 5.91 Å². The van der Waals surface area contributed by atoms with Crippen LogP contribution in [0, 0.1) is 0 Å². The van der Waals surface area contributed by atoms with Gasteiger partial charge in [0.05, 0.1) is 29.9 Å². The van der Waals surface area contributed by atoms with E-state index in [0.717, 1.165) is 12.3 Å². The highest BCUT2D eigenvalue weighted by molar-refractivity contribution is 7.48. The molecule has 0 saturated carbocycles. The molecule has 0 bridgehead atoms. The predicted octanol–water partition coefficient (Wildman–Crippen LogP) is 4.29. The maximum Gasteiger partial charge on any atom is 0.475 e. The van der Waals surface area contributed by atoms with Crippen LogP contribution in [-0.2, 0) is 22.9 Å². The smallest absolute Gasteiger partial charge is 0.475 e. The van der Waals surface area contributed by atoms with Gasteiger partial charge in [0.1, 0.15) is 11.9 Å². The van der Waals surface area contributed by atoms with Crippen molar-refractivity contribution in [3.05, 3.63) is 50.5 Å². The minimum absolute atomic E-state index is 0.0386. The first kappa shape index (κ1) is 26.9. The van der Waals surface area contributed by atoms with Gasteiger partial charge in [0, 0.05) is 11.8 Å². The molecule has 0 aliphatic carbocycles. The first-order valence-corrected chi connectivity index (χ1v) is 12.6. The molecule has 2 aliphatic heterocycles. The van der Waals surface area contributed by atoms with Gasteiger partial charge in [-0.25, -0.2) is 9.36 Å². The van der Waals surface area contributed by atoms with Gasteiger partial charge < -0.3 is 14.8 Å². The van der Waals surface area contributed by atoms with E-state index in [1.54, 1.807) is 0 Å². The summed E-state index contributed by atoms with van der Waals surface area (Å²) in [5.74, 6) is -4.56. The number of aromatic nitrogens is 2. The Labute approximate surface area is 213 Å². The Hall–Kier alpha value is -2.12. The number of hydrogen-bond donors (Lipinski definition) is 1. The Morgan fingerprint density at radius 1 is 1.33 bits per heavy atom. The topological polar surface area (TPSA) is 127 Å². The minimum Gasteiger partial charge on any atom is -0.494 e. The molecule has 1 aromatic carbocycles. The number of hydrogen-bond acceptors (Lipinski definition) is 9. The molecule has 1 N–H and O–H groups in total.